The largest absolute Gasteiger partial charge is 0.478 e. The predicted molar refractivity (Wildman–Crippen MR) is 78.7 cm³/mol. The maximum absolute atomic E-state index is 10.8. The van der Waals surface area contributed by atoms with Gasteiger partial charge in [0.05, 0.1) is 5.56 Å². The predicted octanol–water partition coefficient (Wildman–Crippen LogP) is 3.75. The second-order valence-corrected chi connectivity index (χ2v) is 6.69. The molecule has 2 rings (SSSR count). The standard InChI is InChI=1S/C15H23NO2S/c1-11-2-4-12(5-3-11)6-7-16-9-14-8-13(10-19-14)15(17)18/h8,10-12,16H,2-7,9H2,1H3,(H,17,18). The van der Waals surface area contributed by atoms with Gasteiger partial charge in [-0.1, -0.05) is 32.6 Å². The summed E-state index contributed by atoms with van der Waals surface area (Å²) in [5.41, 5.74) is 0.406. The number of rotatable bonds is 6. The molecule has 0 atom stereocenters. The summed E-state index contributed by atoms with van der Waals surface area (Å²) in [5.74, 6) is 0.977. The van der Waals surface area contributed by atoms with Crippen LogP contribution < -0.4 is 5.32 Å². The van der Waals surface area contributed by atoms with Crippen LogP contribution in [0.5, 0.6) is 0 Å². The molecule has 1 aliphatic carbocycles. The van der Waals surface area contributed by atoms with Gasteiger partial charge in [0.15, 0.2) is 0 Å². The molecule has 0 bridgehead atoms. The summed E-state index contributed by atoms with van der Waals surface area (Å²) in [4.78, 5) is 11.9. The lowest BCUT2D eigenvalue weighted by atomic mass is 9.81. The lowest BCUT2D eigenvalue weighted by molar-refractivity contribution is 0.0697. The zero-order valence-electron chi connectivity index (χ0n) is 11.5. The van der Waals surface area contributed by atoms with Crippen molar-refractivity contribution in [3.05, 3.63) is 21.9 Å². The van der Waals surface area contributed by atoms with Crippen molar-refractivity contribution in [1.82, 2.24) is 5.32 Å². The van der Waals surface area contributed by atoms with E-state index in [0.29, 0.717) is 5.56 Å². The van der Waals surface area contributed by atoms with Crippen LogP contribution in [0.4, 0.5) is 0 Å². The molecule has 0 saturated heterocycles. The van der Waals surface area contributed by atoms with Gasteiger partial charge in [-0.3, -0.25) is 0 Å². The monoisotopic (exact) mass is 281 g/mol. The molecule has 4 heteroatoms. The van der Waals surface area contributed by atoms with Crippen molar-refractivity contribution >= 4 is 17.3 Å². The molecular weight excluding hydrogens is 258 g/mol. The van der Waals surface area contributed by atoms with E-state index in [1.54, 1.807) is 11.4 Å². The SMILES string of the molecule is CC1CCC(CCNCc2cc(C(=O)O)cs2)CC1. The number of thiophene rings is 1. The van der Waals surface area contributed by atoms with Crippen LogP contribution in [0.15, 0.2) is 11.4 Å². The molecular formula is C15H23NO2S. The van der Waals surface area contributed by atoms with Crippen LogP contribution in [-0.4, -0.2) is 17.6 Å². The summed E-state index contributed by atoms with van der Waals surface area (Å²) in [6.07, 6.45) is 6.79. The third-order valence-corrected chi connectivity index (χ3v) is 5.00. The first-order valence-corrected chi connectivity index (χ1v) is 8.04. The fraction of sp³-hybridized carbons (Fsp3) is 0.667. The van der Waals surface area contributed by atoms with Gasteiger partial charge in [-0.05, 0) is 30.9 Å². The molecule has 0 aromatic carbocycles. The number of aromatic carboxylic acids is 1. The summed E-state index contributed by atoms with van der Waals surface area (Å²) < 4.78 is 0. The quantitative estimate of drug-likeness (QED) is 0.781. The van der Waals surface area contributed by atoms with Crippen LogP contribution in [0, 0.1) is 11.8 Å². The third-order valence-electron chi connectivity index (χ3n) is 4.06. The Kier molecular flexibility index (Phi) is 5.40. The van der Waals surface area contributed by atoms with Gasteiger partial charge in [-0.15, -0.1) is 11.3 Å². The lowest BCUT2D eigenvalue weighted by Crippen LogP contribution is -2.20. The van der Waals surface area contributed by atoms with E-state index in [9.17, 15) is 4.79 Å². The van der Waals surface area contributed by atoms with Gasteiger partial charge in [0.1, 0.15) is 0 Å². The van der Waals surface area contributed by atoms with E-state index >= 15 is 0 Å². The first-order chi connectivity index (χ1) is 9.15. The van der Waals surface area contributed by atoms with Crippen molar-refractivity contribution in [2.45, 2.75) is 45.6 Å². The summed E-state index contributed by atoms with van der Waals surface area (Å²) in [6.45, 7) is 4.19. The number of nitrogens with one attached hydrogen (secondary N) is 1. The summed E-state index contributed by atoms with van der Waals surface area (Å²) in [7, 11) is 0. The molecule has 19 heavy (non-hydrogen) atoms. The molecule has 0 spiro atoms. The highest BCUT2D eigenvalue weighted by molar-refractivity contribution is 7.10. The number of hydrogen-bond donors (Lipinski definition) is 2. The molecule has 1 aliphatic rings. The smallest absolute Gasteiger partial charge is 0.336 e. The van der Waals surface area contributed by atoms with Gasteiger partial charge in [-0.2, -0.15) is 0 Å². The summed E-state index contributed by atoms with van der Waals surface area (Å²) >= 11 is 1.52. The second kappa shape index (κ2) is 7.06. The van der Waals surface area contributed by atoms with E-state index in [-0.39, 0.29) is 0 Å². The van der Waals surface area contributed by atoms with Gasteiger partial charge >= 0.3 is 5.97 Å². The molecule has 1 heterocycles. The van der Waals surface area contributed by atoms with Crippen molar-refractivity contribution in [1.29, 1.82) is 0 Å². The Labute approximate surface area is 119 Å². The van der Waals surface area contributed by atoms with E-state index in [2.05, 4.69) is 12.2 Å². The highest BCUT2D eigenvalue weighted by Gasteiger charge is 2.17. The topological polar surface area (TPSA) is 49.3 Å². The van der Waals surface area contributed by atoms with E-state index in [0.717, 1.165) is 29.8 Å². The average molecular weight is 281 g/mol. The molecule has 0 amide bonds. The highest BCUT2D eigenvalue weighted by Crippen LogP contribution is 2.29. The molecule has 2 N–H and O–H groups in total. The lowest BCUT2D eigenvalue weighted by Gasteiger charge is -2.26. The molecule has 0 aliphatic heterocycles. The summed E-state index contributed by atoms with van der Waals surface area (Å²) in [6, 6.07) is 1.77. The second-order valence-electron chi connectivity index (χ2n) is 5.70. The zero-order valence-corrected chi connectivity index (χ0v) is 12.3. The van der Waals surface area contributed by atoms with Crippen LogP contribution >= 0.6 is 11.3 Å². The minimum atomic E-state index is -0.834. The maximum atomic E-state index is 10.8. The maximum Gasteiger partial charge on any atom is 0.336 e. The van der Waals surface area contributed by atoms with Crippen molar-refractivity contribution in [2.24, 2.45) is 11.8 Å². The molecule has 1 saturated carbocycles. The van der Waals surface area contributed by atoms with Crippen LogP contribution in [0.25, 0.3) is 0 Å². The van der Waals surface area contributed by atoms with E-state index in [4.69, 9.17) is 5.11 Å². The minimum Gasteiger partial charge on any atom is -0.478 e. The van der Waals surface area contributed by atoms with Gasteiger partial charge in [0.2, 0.25) is 0 Å². The third kappa shape index (κ3) is 4.62. The first-order valence-electron chi connectivity index (χ1n) is 7.16. The Morgan fingerprint density at radius 3 is 2.79 bits per heavy atom. The fourth-order valence-corrected chi connectivity index (χ4v) is 3.55. The van der Waals surface area contributed by atoms with Gasteiger partial charge in [0, 0.05) is 16.8 Å². The van der Waals surface area contributed by atoms with Crippen LogP contribution in [-0.2, 0) is 6.54 Å². The Bertz CT molecular complexity index is 408. The number of carbonyl (C=O) groups is 1. The Hall–Kier alpha value is -0.870. The Balaban J connectivity index is 1.62. The molecule has 0 radical (unpaired) electrons. The normalized spacial score (nSPS) is 23.4. The highest BCUT2D eigenvalue weighted by atomic mass is 32.1. The molecule has 3 nitrogen and oxygen atoms in total. The van der Waals surface area contributed by atoms with E-state index in [1.807, 2.05) is 0 Å². The number of hydrogen-bond acceptors (Lipinski definition) is 3. The van der Waals surface area contributed by atoms with Crippen molar-refractivity contribution in [3.8, 4) is 0 Å². The number of carboxylic acid groups (broad SMARTS) is 1. The minimum absolute atomic E-state index is 0.406. The summed E-state index contributed by atoms with van der Waals surface area (Å²) in [5, 5.41) is 14.0. The van der Waals surface area contributed by atoms with Gasteiger partial charge in [-0.25, -0.2) is 4.79 Å². The van der Waals surface area contributed by atoms with Crippen molar-refractivity contribution in [3.63, 3.8) is 0 Å². The molecule has 1 fully saturated rings. The molecule has 0 unspecified atom stereocenters. The van der Waals surface area contributed by atoms with Crippen molar-refractivity contribution in [2.75, 3.05) is 6.54 Å². The Morgan fingerprint density at radius 2 is 2.16 bits per heavy atom. The van der Waals surface area contributed by atoms with E-state index < -0.39 is 5.97 Å². The Morgan fingerprint density at radius 1 is 1.42 bits per heavy atom. The average Bonchev–Trinajstić information content (AvgIpc) is 2.86. The molecule has 1 aromatic heterocycles. The van der Waals surface area contributed by atoms with E-state index in [1.165, 1.54) is 43.4 Å². The zero-order chi connectivity index (χ0) is 13.7. The first kappa shape index (κ1) is 14.5. The van der Waals surface area contributed by atoms with Gasteiger partial charge < -0.3 is 10.4 Å². The van der Waals surface area contributed by atoms with Gasteiger partial charge in [0.25, 0.3) is 0 Å². The van der Waals surface area contributed by atoms with Crippen LogP contribution in [0.1, 0.15) is 54.3 Å². The fourth-order valence-electron chi connectivity index (χ4n) is 2.72. The molecule has 1 aromatic rings. The van der Waals surface area contributed by atoms with Crippen molar-refractivity contribution < 1.29 is 9.90 Å². The number of carboxylic acids is 1. The van der Waals surface area contributed by atoms with Crippen LogP contribution in [0.3, 0.4) is 0 Å². The van der Waals surface area contributed by atoms with Crippen LogP contribution in [0.2, 0.25) is 0 Å². The molecule has 106 valence electrons.